The van der Waals surface area contributed by atoms with E-state index in [0.717, 1.165) is 31.2 Å². The van der Waals surface area contributed by atoms with Gasteiger partial charge in [0, 0.05) is 31.3 Å². The number of ether oxygens (including phenoxy) is 1. The zero-order valence-electron chi connectivity index (χ0n) is 16.8. The van der Waals surface area contributed by atoms with Crippen LogP contribution in [0.1, 0.15) is 43.7 Å². The second-order valence-electron chi connectivity index (χ2n) is 7.98. The molecule has 4 rings (SSSR count). The summed E-state index contributed by atoms with van der Waals surface area (Å²) in [4.78, 5) is 14.6. The monoisotopic (exact) mass is 417 g/mol. The number of nitrogens with zero attached hydrogens (tertiary/aromatic N) is 2. The Morgan fingerprint density at radius 3 is 2.45 bits per heavy atom. The number of carbonyl (C=O) groups is 1. The molecule has 0 aromatic heterocycles. The quantitative estimate of drug-likeness (QED) is 0.815. The molecule has 3 aliphatic rings. The maximum atomic E-state index is 12.7. The molecule has 1 aromatic rings. The summed E-state index contributed by atoms with van der Waals surface area (Å²) < 4.78 is 35.0. The van der Waals surface area contributed by atoms with Gasteiger partial charge in [0.05, 0.1) is 0 Å². The van der Waals surface area contributed by atoms with Crippen LogP contribution in [-0.4, -0.2) is 56.9 Å². The summed E-state index contributed by atoms with van der Waals surface area (Å²) >= 11 is 0. The fourth-order valence-electron chi connectivity index (χ4n) is 4.20. The molecule has 0 spiro atoms. The number of amidine groups is 1. The third kappa shape index (κ3) is 4.09. The van der Waals surface area contributed by atoms with Crippen LogP contribution in [0, 0.1) is 6.92 Å². The molecule has 2 fully saturated rings. The molecule has 2 saturated heterocycles. The first-order valence-electron chi connectivity index (χ1n) is 10.2. The molecule has 1 amide bonds. The van der Waals surface area contributed by atoms with Crippen LogP contribution in [0.4, 0.5) is 0 Å². The van der Waals surface area contributed by atoms with Gasteiger partial charge in [0.2, 0.25) is 5.91 Å². The fraction of sp³-hybridized carbons (Fsp3) is 0.524. The number of sulfonamides is 1. The number of rotatable bonds is 3. The summed E-state index contributed by atoms with van der Waals surface area (Å²) in [5.74, 6) is 0.504. The molecule has 1 aromatic carbocycles. The predicted octanol–water partition coefficient (Wildman–Crippen LogP) is 2.23. The molecule has 0 radical (unpaired) electrons. The number of nitrogens with one attached hydrogen (secondary N) is 1. The third-order valence-corrected chi connectivity index (χ3v) is 7.29. The van der Waals surface area contributed by atoms with Gasteiger partial charge < -0.3 is 15.0 Å². The van der Waals surface area contributed by atoms with Crippen molar-refractivity contribution in [3.63, 3.8) is 0 Å². The Bertz CT molecular complexity index is 952. The average molecular weight is 418 g/mol. The standard InChI is InChI=1S/C21H27N3O4S/c1-14-5-7-16(8-6-14)19-15(2)20(23-29(19,26)27)24-11-9-17(10-12-24)22-21(25)18-4-3-13-28-18/h5-8,17-18H,3-4,9-13H2,1-2H3,(H,22,25)/t18-/m0/s1. The normalized spacial score (nSPS) is 24.7. The van der Waals surface area contributed by atoms with E-state index in [2.05, 4.69) is 9.71 Å². The van der Waals surface area contributed by atoms with Crippen molar-refractivity contribution < 1.29 is 17.9 Å². The van der Waals surface area contributed by atoms with E-state index in [0.29, 0.717) is 41.6 Å². The molecule has 0 bridgehead atoms. The van der Waals surface area contributed by atoms with E-state index in [1.807, 2.05) is 43.0 Å². The van der Waals surface area contributed by atoms with Crippen LogP contribution in [0.3, 0.4) is 0 Å². The van der Waals surface area contributed by atoms with Gasteiger partial charge in [-0.25, -0.2) is 0 Å². The summed E-state index contributed by atoms with van der Waals surface area (Å²) in [5, 5.41) is 3.08. The smallest absolute Gasteiger partial charge is 0.285 e. The van der Waals surface area contributed by atoms with Gasteiger partial charge in [0.15, 0.2) is 0 Å². The molecule has 3 heterocycles. The number of hydrogen-bond acceptors (Lipinski definition) is 5. The number of carbonyl (C=O) groups excluding carboxylic acids is 1. The lowest BCUT2D eigenvalue weighted by Gasteiger charge is -2.34. The molecular formula is C21H27N3O4S. The van der Waals surface area contributed by atoms with E-state index >= 15 is 0 Å². The predicted molar refractivity (Wildman–Crippen MR) is 112 cm³/mol. The lowest BCUT2D eigenvalue weighted by molar-refractivity contribution is -0.131. The van der Waals surface area contributed by atoms with E-state index in [-0.39, 0.29) is 18.1 Å². The summed E-state index contributed by atoms with van der Waals surface area (Å²) in [6.45, 7) is 5.76. The topological polar surface area (TPSA) is 88.1 Å². The van der Waals surface area contributed by atoms with E-state index < -0.39 is 10.0 Å². The molecule has 1 N–H and O–H groups in total. The molecular weight excluding hydrogens is 390 g/mol. The SMILES string of the molecule is CC1=C(c2ccc(C)cc2)S(=O)(=O)N=C1N1CCC(NC(=O)[C@@H]2CCCO2)CC1. The van der Waals surface area contributed by atoms with Crippen LogP contribution >= 0.6 is 0 Å². The molecule has 0 unspecified atom stereocenters. The third-order valence-electron chi connectivity index (χ3n) is 5.82. The van der Waals surface area contributed by atoms with Crippen LogP contribution in [0.15, 0.2) is 34.2 Å². The highest BCUT2D eigenvalue weighted by Gasteiger charge is 2.35. The van der Waals surface area contributed by atoms with Crippen LogP contribution in [0.25, 0.3) is 4.91 Å². The lowest BCUT2D eigenvalue weighted by Crippen LogP contribution is -2.48. The number of likely N-dealkylation sites (tertiary alicyclic amines) is 1. The van der Waals surface area contributed by atoms with Crippen LogP contribution in [0.5, 0.6) is 0 Å². The molecule has 29 heavy (non-hydrogen) atoms. The van der Waals surface area contributed by atoms with Crippen LogP contribution in [-0.2, 0) is 19.6 Å². The lowest BCUT2D eigenvalue weighted by atomic mass is 10.0. The van der Waals surface area contributed by atoms with Gasteiger partial charge in [-0.15, -0.1) is 4.40 Å². The van der Waals surface area contributed by atoms with E-state index in [1.54, 1.807) is 0 Å². The average Bonchev–Trinajstić information content (AvgIpc) is 3.30. The first-order chi connectivity index (χ1) is 13.8. The highest BCUT2D eigenvalue weighted by Crippen LogP contribution is 2.34. The van der Waals surface area contributed by atoms with Gasteiger partial charge in [-0.1, -0.05) is 29.8 Å². The minimum Gasteiger partial charge on any atom is -0.368 e. The van der Waals surface area contributed by atoms with Crippen molar-refractivity contribution in [2.45, 2.75) is 51.7 Å². The molecule has 0 saturated carbocycles. The maximum Gasteiger partial charge on any atom is 0.285 e. The van der Waals surface area contributed by atoms with Crippen molar-refractivity contribution in [1.82, 2.24) is 10.2 Å². The zero-order valence-corrected chi connectivity index (χ0v) is 17.7. The summed E-state index contributed by atoms with van der Waals surface area (Å²) in [7, 11) is -3.70. The van der Waals surface area contributed by atoms with E-state index in [1.165, 1.54) is 0 Å². The minimum atomic E-state index is -3.70. The summed E-state index contributed by atoms with van der Waals surface area (Å²) in [6.07, 6.45) is 2.90. The molecule has 8 heteroatoms. The Morgan fingerprint density at radius 1 is 1.14 bits per heavy atom. The van der Waals surface area contributed by atoms with Crippen molar-refractivity contribution in [3.8, 4) is 0 Å². The summed E-state index contributed by atoms with van der Waals surface area (Å²) in [5.41, 5.74) is 2.44. The Hall–Kier alpha value is -2.19. The Labute approximate surface area is 171 Å². The van der Waals surface area contributed by atoms with Crippen LogP contribution in [0.2, 0.25) is 0 Å². The van der Waals surface area contributed by atoms with Crippen molar-refractivity contribution in [1.29, 1.82) is 0 Å². The van der Waals surface area contributed by atoms with E-state index in [4.69, 9.17) is 4.74 Å². The van der Waals surface area contributed by atoms with Crippen molar-refractivity contribution >= 4 is 26.7 Å². The number of amides is 1. The van der Waals surface area contributed by atoms with Crippen molar-refractivity contribution in [2.24, 2.45) is 4.40 Å². The Morgan fingerprint density at radius 2 is 1.83 bits per heavy atom. The molecule has 1 atom stereocenters. The van der Waals surface area contributed by atoms with Gasteiger partial charge in [0.25, 0.3) is 10.0 Å². The van der Waals surface area contributed by atoms with Crippen molar-refractivity contribution in [2.75, 3.05) is 19.7 Å². The van der Waals surface area contributed by atoms with Crippen molar-refractivity contribution in [3.05, 3.63) is 41.0 Å². The number of aryl methyl sites for hydroxylation is 1. The molecule has 0 aliphatic carbocycles. The first-order valence-corrected chi connectivity index (χ1v) is 11.6. The largest absolute Gasteiger partial charge is 0.368 e. The number of benzene rings is 1. The molecule has 7 nitrogen and oxygen atoms in total. The Balaban J connectivity index is 1.44. The fourth-order valence-corrected chi connectivity index (χ4v) is 5.69. The van der Waals surface area contributed by atoms with Gasteiger partial charge in [0.1, 0.15) is 16.8 Å². The molecule has 156 valence electrons. The van der Waals surface area contributed by atoms with Crippen LogP contribution < -0.4 is 5.32 Å². The first kappa shape index (κ1) is 20.1. The van der Waals surface area contributed by atoms with Gasteiger partial charge >= 0.3 is 0 Å². The summed E-state index contributed by atoms with van der Waals surface area (Å²) in [6, 6.07) is 7.56. The van der Waals surface area contributed by atoms with Gasteiger partial charge in [-0.05, 0) is 45.1 Å². The number of hydrogen-bond donors (Lipinski definition) is 1. The highest BCUT2D eigenvalue weighted by molar-refractivity contribution is 8.00. The van der Waals surface area contributed by atoms with Gasteiger partial charge in [-0.2, -0.15) is 8.42 Å². The van der Waals surface area contributed by atoms with E-state index in [9.17, 15) is 13.2 Å². The zero-order chi connectivity index (χ0) is 20.6. The second kappa shape index (κ2) is 7.91. The maximum absolute atomic E-state index is 12.7. The minimum absolute atomic E-state index is 0.0283. The molecule has 3 aliphatic heterocycles. The van der Waals surface area contributed by atoms with Gasteiger partial charge in [-0.3, -0.25) is 4.79 Å². The highest BCUT2D eigenvalue weighted by atomic mass is 32.2. The Kier molecular flexibility index (Phi) is 5.48. The number of piperidine rings is 1. The second-order valence-corrected chi connectivity index (χ2v) is 9.52.